The summed E-state index contributed by atoms with van der Waals surface area (Å²) < 4.78 is 5.72. The lowest BCUT2D eigenvalue weighted by Crippen LogP contribution is -2.33. The first-order valence-corrected chi connectivity index (χ1v) is 7.80. The van der Waals surface area contributed by atoms with Gasteiger partial charge >= 0.3 is 0 Å². The summed E-state index contributed by atoms with van der Waals surface area (Å²) in [6.07, 6.45) is 0.483. The van der Waals surface area contributed by atoms with Gasteiger partial charge in [-0.15, -0.1) is 0 Å². The van der Waals surface area contributed by atoms with Crippen molar-refractivity contribution in [3.05, 3.63) is 70.2 Å². The molecule has 114 valence electrons. The number of carbonyl (C=O) groups is 1. The summed E-state index contributed by atoms with van der Waals surface area (Å²) in [4.78, 5) is 12.3. The lowest BCUT2D eigenvalue weighted by atomic mass is 10.0. The van der Waals surface area contributed by atoms with E-state index in [0.29, 0.717) is 17.0 Å². The summed E-state index contributed by atoms with van der Waals surface area (Å²) >= 11 is 5.93. The van der Waals surface area contributed by atoms with E-state index in [4.69, 9.17) is 16.3 Å². The normalized spacial score (nSPS) is 18.1. The van der Waals surface area contributed by atoms with E-state index in [1.807, 2.05) is 24.3 Å². The molecule has 2 aromatic rings. The van der Waals surface area contributed by atoms with E-state index in [0.717, 1.165) is 30.8 Å². The van der Waals surface area contributed by atoms with Crippen molar-refractivity contribution in [2.45, 2.75) is 12.5 Å². The fourth-order valence-electron chi connectivity index (χ4n) is 2.58. The first-order chi connectivity index (χ1) is 10.7. The van der Waals surface area contributed by atoms with Crippen LogP contribution in [0.1, 0.15) is 27.6 Å². The lowest BCUT2D eigenvalue weighted by Gasteiger charge is -2.24. The minimum atomic E-state index is 0.0748. The van der Waals surface area contributed by atoms with Crippen LogP contribution >= 0.6 is 11.6 Å². The van der Waals surface area contributed by atoms with E-state index in [2.05, 4.69) is 5.32 Å². The van der Waals surface area contributed by atoms with Gasteiger partial charge in [-0.25, -0.2) is 0 Å². The van der Waals surface area contributed by atoms with Crippen molar-refractivity contribution < 1.29 is 9.53 Å². The molecule has 0 aromatic heterocycles. The third-order valence-corrected chi connectivity index (χ3v) is 4.03. The van der Waals surface area contributed by atoms with Crippen molar-refractivity contribution in [1.29, 1.82) is 0 Å². The third-order valence-electron chi connectivity index (χ3n) is 3.79. The van der Waals surface area contributed by atoms with Gasteiger partial charge in [0.1, 0.15) is 0 Å². The van der Waals surface area contributed by atoms with Crippen LogP contribution in [0.25, 0.3) is 0 Å². The number of carbonyl (C=O) groups excluding carboxylic acids is 1. The Morgan fingerprint density at radius 2 is 2.05 bits per heavy atom. The van der Waals surface area contributed by atoms with Gasteiger partial charge in [0.2, 0.25) is 0 Å². The average Bonchev–Trinajstić information content (AvgIpc) is 2.56. The number of halogens is 1. The molecule has 0 unspecified atom stereocenters. The minimum Gasteiger partial charge on any atom is -0.371 e. The minimum absolute atomic E-state index is 0.0748. The van der Waals surface area contributed by atoms with Crippen LogP contribution < -0.4 is 5.32 Å². The second-order valence-electron chi connectivity index (χ2n) is 5.42. The van der Waals surface area contributed by atoms with Gasteiger partial charge in [-0.3, -0.25) is 4.79 Å². The largest absolute Gasteiger partial charge is 0.371 e. The van der Waals surface area contributed by atoms with Crippen molar-refractivity contribution >= 4 is 17.4 Å². The van der Waals surface area contributed by atoms with E-state index in [-0.39, 0.29) is 11.9 Å². The summed E-state index contributed by atoms with van der Waals surface area (Å²) in [7, 11) is 0. The Bertz CT molecular complexity index is 648. The number of hydrogen-bond acceptors (Lipinski definition) is 3. The molecular formula is C18H18ClNO2. The second kappa shape index (κ2) is 7.05. The van der Waals surface area contributed by atoms with Gasteiger partial charge in [-0.05, 0) is 23.3 Å². The van der Waals surface area contributed by atoms with E-state index >= 15 is 0 Å². The van der Waals surface area contributed by atoms with Crippen LogP contribution in [0.2, 0.25) is 5.02 Å². The Labute approximate surface area is 135 Å². The van der Waals surface area contributed by atoms with Crippen LogP contribution in [0, 0.1) is 0 Å². The van der Waals surface area contributed by atoms with E-state index in [1.165, 1.54) is 0 Å². The van der Waals surface area contributed by atoms with Gasteiger partial charge in [0, 0.05) is 30.1 Å². The molecule has 1 heterocycles. The molecular weight excluding hydrogens is 298 g/mol. The molecule has 1 saturated heterocycles. The van der Waals surface area contributed by atoms with Crippen molar-refractivity contribution in [2.75, 3.05) is 19.7 Å². The quantitative estimate of drug-likeness (QED) is 0.879. The third kappa shape index (κ3) is 3.74. The molecule has 2 aromatic carbocycles. The maximum atomic E-state index is 12.3. The Morgan fingerprint density at radius 1 is 1.23 bits per heavy atom. The number of ether oxygens (including phenoxy) is 1. The molecule has 0 radical (unpaired) electrons. The highest BCUT2D eigenvalue weighted by atomic mass is 35.5. The molecule has 3 rings (SSSR count). The second-order valence-corrected chi connectivity index (χ2v) is 5.85. The summed E-state index contributed by atoms with van der Waals surface area (Å²) in [6.45, 7) is 2.48. The highest BCUT2D eigenvalue weighted by Gasteiger charge is 2.15. The van der Waals surface area contributed by atoms with E-state index in [1.54, 1.807) is 24.3 Å². The Balaban J connectivity index is 1.66. The van der Waals surface area contributed by atoms with Gasteiger partial charge in [-0.2, -0.15) is 0 Å². The molecule has 22 heavy (non-hydrogen) atoms. The number of morpholine rings is 1. The van der Waals surface area contributed by atoms with Gasteiger partial charge in [0.15, 0.2) is 5.78 Å². The topological polar surface area (TPSA) is 38.3 Å². The van der Waals surface area contributed by atoms with Gasteiger partial charge in [0.25, 0.3) is 0 Å². The fraction of sp³-hybridized carbons (Fsp3) is 0.278. The van der Waals surface area contributed by atoms with Crippen molar-refractivity contribution in [1.82, 2.24) is 5.32 Å². The molecule has 1 aliphatic rings. The Kier molecular flexibility index (Phi) is 4.88. The van der Waals surface area contributed by atoms with Crippen molar-refractivity contribution in [3.8, 4) is 0 Å². The number of nitrogens with one attached hydrogen (secondary N) is 1. The predicted octanol–water partition coefficient (Wildman–Crippen LogP) is 3.43. The van der Waals surface area contributed by atoms with Crippen molar-refractivity contribution in [2.24, 2.45) is 0 Å². The average molecular weight is 316 g/mol. The highest BCUT2D eigenvalue weighted by Crippen LogP contribution is 2.20. The van der Waals surface area contributed by atoms with E-state index in [9.17, 15) is 4.79 Å². The van der Waals surface area contributed by atoms with Crippen LogP contribution in [-0.2, 0) is 11.2 Å². The molecule has 3 nitrogen and oxygen atoms in total. The maximum Gasteiger partial charge on any atom is 0.167 e. The fourth-order valence-corrected chi connectivity index (χ4v) is 2.77. The number of rotatable bonds is 4. The Morgan fingerprint density at radius 3 is 2.73 bits per heavy atom. The van der Waals surface area contributed by atoms with E-state index < -0.39 is 0 Å². The molecule has 0 bridgehead atoms. The smallest absolute Gasteiger partial charge is 0.167 e. The summed E-state index contributed by atoms with van der Waals surface area (Å²) in [5.74, 6) is 0.0748. The highest BCUT2D eigenvalue weighted by molar-refractivity contribution is 6.31. The first kappa shape index (κ1) is 15.2. The summed E-state index contributed by atoms with van der Waals surface area (Å²) in [5, 5.41) is 3.90. The standard InChI is InChI=1S/C18H18ClNO2/c19-16-3-1-2-15(11-16)17(21)10-13-4-6-14(7-5-13)18-12-20-8-9-22-18/h1-7,11,18,20H,8-10,12H2/t18-/m0/s1. The zero-order valence-electron chi connectivity index (χ0n) is 12.2. The van der Waals surface area contributed by atoms with Crippen molar-refractivity contribution in [3.63, 3.8) is 0 Å². The van der Waals surface area contributed by atoms with Crippen LogP contribution in [-0.4, -0.2) is 25.5 Å². The molecule has 1 fully saturated rings. The molecule has 0 saturated carbocycles. The first-order valence-electron chi connectivity index (χ1n) is 7.42. The zero-order chi connectivity index (χ0) is 15.4. The van der Waals surface area contributed by atoms with Crippen LogP contribution in [0.5, 0.6) is 0 Å². The van der Waals surface area contributed by atoms with Crippen LogP contribution in [0.15, 0.2) is 48.5 Å². The maximum absolute atomic E-state index is 12.3. The SMILES string of the molecule is O=C(Cc1ccc([C@@H]2CNCCO2)cc1)c1cccc(Cl)c1. The molecule has 1 aliphatic heterocycles. The Hall–Kier alpha value is -1.68. The molecule has 1 atom stereocenters. The monoisotopic (exact) mass is 315 g/mol. The van der Waals surface area contributed by atoms with Gasteiger partial charge < -0.3 is 10.1 Å². The van der Waals surface area contributed by atoms with Gasteiger partial charge in [-0.1, -0.05) is 48.0 Å². The molecule has 0 spiro atoms. The predicted molar refractivity (Wildman–Crippen MR) is 87.5 cm³/mol. The molecule has 0 aliphatic carbocycles. The zero-order valence-corrected chi connectivity index (χ0v) is 13.0. The van der Waals surface area contributed by atoms with Gasteiger partial charge in [0.05, 0.1) is 12.7 Å². The van der Waals surface area contributed by atoms with Crippen LogP contribution in [0.4, 0.5) is 0 Å². The van der Waals surface area contributed by atoms with Crippen LogP contribution in [0.3, 0.4) is 0 Å². The number of ketones is 1. The summed E-state index contributed by atoms with van der Waals surface area (Å²) in [6, 6.07) is 15.1. The molecule has 4 heteroatoms. The molecule has 0 amide bonds. The number of hydrogen-bond donors (Lipinski definition) is 1. The number of benzene rings is 2. The lowest BCUT2D eigenvalue weighted by molar-refractivity contribution is 0.0277. The number of Topliss-reactive ketones (excluding diaryl/α,β-unsaturated/α-hetero) is 1. The summed E-state index contributed by atoms with van der Waals surface area (Å²) in [5.41, 5.74) is 2.79. The molecule has 1 N–H and O–H groups in total.